The number of H-pyrrole nitrogens is 1. The van der Waals surface area contributed by atoms with Crippen molar-refractivity contribution in [3.8, 4) is 12.3 Å². The van der Waals surface area contributed by atoms with Crippen LogP contribution in [0.1, 0.15) is 36.7 Å². The van der Waals surface area contributed by atoms with E-state index in [1.807, 2.05) is 39.0 Å². The SMILES string of the molecule is C#Cc1cc2c(=O)c3ccccc3[nH]c2cc1C(=O)NC(C)(C)C. The first kappa shape index (κ1) is 15.8. The zero-order valence-corrected chi connectivity index (χ0v) is 13.9. The average molecular weight is 318 g/mol. The van der Waals surface area contributed by atoms with Gasteiger partial charge in [0.2, 0.25) is 0 Å². The number of aromatic nitrogens is 1. The molecule has 0 spiro atoms. The summed E-state index contributed by atoms with van der Waals surface area (Å²) in [5.41, 5.74) is 1.63. The highest BCUT2D eigenvalue weighted by atomic mass is 16.1. The number of aromatic amines is 1. The summed E-state index contributed by atoms with van der Waals surface area (Å²) in [4.78, 5) is 28.4. The minimum atomic E-state index is -0.380. The Balaban J connectivity index is 2.29. The number of amides is 1. The molecule has 0 aliphatic carbocycles. The van der Waals surface area contributed by atoms with Crippen LogP contribution in [0.2, 0.25) is 0 Å². The molecule has 0 bridgehead atoms. The third-order valence-corrected chi connectivity index (χ3v) is 3.73. The van der Waals surface area contributed by atoms with E-state index in [4.69, 9.17) is 6.42 Å². The van der Waals surface area contributed by atoms with Crippen LogP contribution in [0.4, 0.5) is 0 Å². The Labute approximate surface area is 139 Å². The lowest BCUT2D eigenvalue weighted by atomic mass is 10.0. The van der Waals surface area contributed by atoms with Crippen LogP contribution in [0.25, 0.3) is 21.8 Å². The summed E-state index contributed by atoms with van der Waals surface area (Å²) >= 11 is 0. The van der Waals surface area contributed by atoms with E-state index < -0.39 is 0 Å². The molecule has 0 fully saturated rings. The lowest BCUT2D eigenvalue weighted by Crippen LogP contribution is -2.40. The van der Waals surface area contributed by atoms with Gasteiger partial charge in [-0.3, -0.25) is 9.59 Å². The molecule has 1 aromatic heterocycles. The molecule has 0 saturated carbocycles. The van der Waals surface area contributed by atoms with Gasteiger partial charge in [-0.1, -0.05) is 18.1 Å². The van der Waals surface area contributed by atoms with Crippen molar-refractivity contribution in [3.05, 3.63) is 57.7 Å². The van der Waals surface area contributed by atoms with Gasteiger partial charge in [0.1, 0.15) is 0 Å². The van der Waals surface area contributed by atoms with Gasteiger partial charge in [0.15, 0.2) is 5.43 Å². The van der Waals surface area contributed by atoms with E-state index in [-0.39, 0.29) is 16.9 Å². The molecule has 3 rings (SSSR count). The molecule has 120 valence electrons. The third kappa shape index (κ3) is 2.77. The number of carbonyl (C=O) groups is 1. The summed E-state index contributed by atoms with van der Waals surface area (Å²) < 4.78 is 0. The van der Waals surface area contributed by atoms with Gasteiger partial charge in [0, 0.05) is 27.4 Å². The van der Waals surface area contributed by atoms with Gasteiger partial charge in [0.25, 0.3) is 5.91 Å². The molecule has 3 aromatic rings. The van der Waals surface area contributed by atoms with Gasteiger partial charge in [-0.2, -0.15) is 0 Å². The molecule has 1 heterocycles. The van der Waals surface area contributed by atoms with Crippen molar-refractivity contribution in [3.63, 3.8) is 0 Å². The number of nitrogens with one attached hydrogen (secondary N) is 2. The fourth-order valence-corrected chi connectivity index (χ4v) is 2.69. The van der Waals surface area contributed by atoms with E-state index in [0.29, 0.717) is 27.4 Å². The second-order valence-corrected chi connectivity index (χ2v) is 6.79. The standard InChI is InChI=1S/C20H18N2O2/c1-5-12-10-15-17(11-14(12)19(24)22-20(2,3)4)21-16-9-7-6-8-13(16)18(15)23/h1,6-11H,2-4H3,(H,21,23)(H,22,24). The van der Waals surface area contributed by atoms with E-state index in [1.165, 1.54) is 0 Å². The Hall–Kier alpha value is -3.06. The van der Waals surface area contributed by atoms with Crippen LogP contribution in [0.3, 0.4) is 0 Å². The van der Waals surface area contributed by atoms with Crippen molar-refractivity contribution >= 4 is 27.7 Å². The average Bonchev–Trinajstić information content (AvgIpc) is 2.52. The van der Waals surface area contributed by atoms with Crippen LogP contribution >= 0.6 is 0 Å². The van der Waals surface area contributed by atoms with E-state index in [0.717, 1.165) is 5.52 Å². The first-order valence-electron chi connectivity index (χ1n) is 7.68. The normalized spacial score (nSPS) is 11.4. The highest BCUT2D eigenvalue weighted by molar-refractivity contribution is 6.02. The molecule has 1 amide bonds. The number of rotatable bonds is 1. The molecule has 2 aromatic carbocycles. The Kier molecular flexibility index (Phi) is 3.65. The fraction of sp³-hybridized carbons (Fsp3) is 0.200. The number of hydrogen-bond donors (Lipinski definition) is 2. The molecule has 0 unspecified atom stereocenters. The van der Waals surface area contributed by atoms with Crippen molar-refractivity contribution in [1.82, 2.24) is 10.3 Å². The predicted molar refractivity (Wildman–Crippen MR) is 97.2 cm³/mol. The van der Waals surface area contributed by atoms with Gasteiger partial charge in [-0.05, 0) is 45.0 Å². The van der Waals surface area contributed by atoms with Crippen LogP contribution < -0.4 is 10.7 Å². The van der Waals surface area contributed by atoms with Crippen molar-refractivity contribution in [2.24, 2.45) is 0 Å². The smallest absolute Gasteiger partial charge is 0.253 e. The highest BCUT2D eigenvalue weighted by Gasteiger charge is 2.19. The summed E-state index contributed by atoms with van der Waals surface area (Å²) in [6.45, 7) is 5.70. The number of terminal acetylenes is 1. The van der Waals surface area contributed by atoms with E-state index in [2.05, 4.69) is 16.2 Å². The summed E-state index contributed by atoms with van der Waals surface area (Å²) in [6, 6.07) is 10.5. The molecular weight excluding hydrogens is 300 g/mol. The molecule has 0 saturated heterocycles. The molecule has 2 N–H and O–H groups in total. The topological polar surface area (TPSA) is 62.0 Å². The van der Waals surface area contributed by atoms with Crippen molar-refractivity contribution in [1.29, 1.82) is 0 Å². The molecule has 24 heavy (non-hydrogen) atoms. The quantitative estimate of drug-likeness (QED) is 0.535. The summed E-state index contributed by atoms with van der Waals surface area (Å²) in [7, 11) is 0. The molecule has 0 aliphatic rings. The van der Waals surface area contributed by atoms with Crippen LogP contribution in [0.5, 0.6) is 0 Å². The van der Waals surface area contributed by atoms with Crippen molar-refractivity contribution < 1.29 is 4.79 Å². The van der Waals surface area contributed by atoms with Crippen molar-refractivity contribution in [2.45, 2.75) is 26.3 Å². The molecule has 0 aliphatic heterocycles. The lowest BCUT2D eigenvalue weighted by Gasteiger charge is -2.21. The number of pyridine rings is 1. The summed E-state index contributed by atoms with van der Waals surface area (Å²) in [5, 5.41) is 3.98. The Morgan fingerprint density at radius 1 is 1.12 bits per heavy atom. The first-order chi connectivity index (χ1) is 11.3. The lowest BCUT2D eigenvalue weighted by molar-refractivity contribution is 0.0919. The minimum absolute atomic E-state index is 0.0985. The molecule has 4 nitrogen and oxygen atoms in total. The number of benzene rings is 2. The molecule has 4 heteroatoms. The van der Waals surface area contributed by atoms with Gasteiger partial charge >= 0.3 is 0 Å². The maximum Gasteiger partial charge on any atom is 0.253 e. The summed E-state index contributed by atoms with van der Waals surface area (Å²) in [5.74, 6) is 2.26. The van der Waals surface area contributed by atoms with Gasteiger partial charge < -0.3 is 10.3 Å². The van der Waals surface area contributed by atoms with Crippen LogP contribution in [-0.4, -0.2) is 16.4 Å². The molecule has 0 radical (unpaired) electrons. The zero-order valence-electron chi connectivity index (χ0n) is 13.9. The largest absolute Gasteiger partial charge is 0.354 e. The second kappa shape index (κ2) is 5.54. The Morgan fingerprint density at radius 3 is 2.50 bits per heavy atom. The predicted octanol–water partition coefficient (Wildman–Crippen LogP) is 3.19. The minimum Gasteiger partial charge on any atom is -0.354 e. The number of carbonyl (C=O) groups excluding carboxylic acids is 1. The van der Waals surface area contributed by atoms with Gasteiger partial charge in [0.05, 0.1) is 11.1 Å². The Morgan fingerprint density at radius 2 is 1.83 bits per heavy atom. The maximum absolute atomic E-state index is 12.7. The Bertz CT molecular complexity index is 1060. The van der Waals surface area contributed by atoms with Crippen LogP contribution in [-0.2, 0) is 0 Å². The number of hydrogen-bond acceptors (Lipinski definition) is 2. The maximum atomic E-state index is 12.7. The highest BCUT2D eigenvalue weighted by Crippen LogP contribution is 2.20. The second-order valence-electron chi connectivity index (χ2n) is 6.79. The van der Waals surface area contributed by atoms with E-state index >= 15 is 0 Å². The summed E-state index contributed by atoms with van der Waals surface area (Å²) in [6.07, 6.45) is 5.56. The monoisotopic (exact) mass is 318 g/mol. The molecular formula is C20H18N2O2. The molecule has 0 atom stereocenters. The zero-order chi connectivity index (χ0) is 17.5. The third-order valence-electron chi connectivity index (χ3n) is 3.73. The van der Waals surface area contributed by atoms with Crippen LogP contribution in [0, 0.1) is 12.3 Å². The van der Waals surface area contributed by atoms with Gasteiger partial charge in [-0.15, -0.1) is 6.42 Å². The fourth-order valence-electron chi connectivity index (χ4n) is 2.69. The first-order valence-corrected chi connectivity index (χ1v) is 7.68. The number of fused-ring (bicyclic) bond motifs is 2. The van der Waals surface area contributed by atoms with Gasteiger partial charge in [-0.25, -0.2) is 0 Å². The number of para-hydroxylation sites is 1. The van der Waals surface area contributed by atoms with Crippen LogP contribution in [0.15, 0.2) is 41.2 Å². The van der Waals surface area contributed by atoms with E-state index in [9.17, 15) is 9.59 Å². The van der Waals surface area contributed by atoms with Crippen molar-refractivity contribution in [2.75, 3.05) is 0 Å². The van der Waals surface area contributed by atoms with E-state index in [1.54, 1.807) is 18.2 Å².